The topological polar surface area (TPSA) is 21.3 Å². The standard InChI is InChI=1S/C11H13BrF3NO/c1-7(6-16-2)17-10-4-3-8(5-9(10)12)11(13,14)15/h3-5,7,16H,6H2,1-2H3. The van der Waals surface area contributed by atoms with Crippen LogP contribution in [-0.4, -0.2) is 19.7 Å². The lowest BCUT2D eigenvalue weighted by Crippen LogP contribution is -2.26. The molecule has 0 aliphatic rings. The molecule has 0 radical (unpaired) electrons. The Morgan fingerprint density at radius 3 is 2.53 bits per heavy atom. The molecule has 0 bridgehead atoms. The summed E-state index contributed by atoms with van der Waals surface area (Å²) in [6.07, 6.45) is -4.45. The lowest BCUT2D eigenvalue weighted by Gasteiger charge is -2.16. The highest BCUT2D eigenvalue weighted by atomic mass is 79.9. The van der Waals surface area contributed by atoms with Gasteiger partial charge in [-0.15, -0.1) is 0 Å². The quantitative estimate of drug-likeness (QED) is 0.919. The van der Waals surface area contributed by atoms with Crippen LogP contribution in [0.1, 0.15) is 12.5 Å². The van der Waals surface area contributed by atoms with Gasteiger partial charge in [-0.05, 0) is 48.1 Å². The molecule has 1 N–H and O–H groups in total. The van der Waals surface area contributed by atoms with Crippen molar-refractivity contribution in [2.75, 3.05) is 13.6 Å². The van der Waals surface area contributed by atoms with Crippen molar-refractivity contribution < 1.29 is 17.9 Å². The molecular weight excluding hydrogens is 299 g/mol. The summed E-state index contributed by atoms with van der Waals surface area (Å²) in [5, 5.41) is 2.92. The highest BCUT2D eigenvalue weighted by Gasteiger charge is 2.31. The van der Waals surface area contributed by atoms with Gasteiger partial charge in [0.05, 0.1) is 10.0 Å². The minimum absolute atomic E-state index is 0.118. The van der Waals surface area contributed by atoms with Crippen molar-refractivity contribution in [2.45, 2.75) is 19.2 Å². The lowest BCUT2D eigenvalue weighted by atomic mass is 10.2. The number of ether oxygens (including phenoxy) is 1. The maximum Gasteiger partial charge on any atom is 0.416 e. The van der Waals surface area contributed by atoms with Gasteiger partial charge in [-0.25, -0.2) is 0 Å². The highest BCUT2D eigenvalue weighted by Crippen LogP contribution is 2.35. The van der Waals surface area contributed by atoms with Crippen LogP contribution < -0.4 is 10.1 Å². The normalized spacial score (nSPS) is 13.5. The second-order valence-corrected chi connectivity index (χ2v) is 4.48. The lowest BCUT2D eigenvalue weighted by molar-refractivity contribution is -0.137. The van der Waals surface area contributed by atoms with Gasteiger partial charge in [0.1, 0.15) is 11.9 Å². The molecule has 17 heavy (non-hydrogen) atoms. The van der Waals surface area contributed by atoms with E-state index in [2.05, 4.69) is 21.2 Å². The Hall–Kier alpha value is -0.750. The van der Waals surface area contributed by atoms with Gasteiger partial charge in [0, 0.05) is 6.54 Å². The van der Waals surface area contributed by atoms with Gasteiger partial charge in [-0.2, -0.15) is 13.2 Å². The molecule has 6 heteroatoms. The third kappa shape index (κ3) is 4.20. The zero-order valence-electron chi connectivity index (χ0n) is 9.44. The molecule has 1 aromatic rings. The van der Waals surface area contributed by atoms with E-state index in [1.165, 1.54) is 6.07 Å². The first-order valence-corrected chi connectivity index (χ1v) is 5.82. The Labute approximate surface area is 106 Å². The number of likely N-dealkylation sites (N-methyl/N-ethyl adjacent to an activating group) is 1. The van der Waals surface area contributed by atoms with Gasteiger partial charge in [0.15, 0.2) is 0 Å². The van der Waals surface area contributed by atoms with E-state index >= 15 is 0 Å². The van der Waals surface area contributed by atoms with Crippen molar-refractivity contribution in [2.24, 2.45) is 0 Å². The number of hydrogen-bond acceptors (Lipinski definition) is 2. The maximum atomic E-state index is 12.4. The Bertz CT molecular complexity index is 381. The van der Waals surface area contributed by atoms with Gasteiger partial charge >= 0.3 is 6.18 Å². The van der Waals surface area contributed by atoms with Crippen LogP contribution in [-0.2, 0) is 6.18 Å². The maximum absolute atomic E-state index is 12.4. The predicted molar refractivity (Wildman–Crippen MR) is 63.2 cm³/mol. The minimum atomic E-state index is -4.34. The van der Waals surface area contributed by atoms with Crippen LogP contribution >= 0.6 is 15.9 Å². The number of rotatable bonds is 4. The first kappa shape index (κ1) is 14.3. The van der Waals surface area contributed by atoms with E-state index in [4.69, 9.17) is 4.74 Å². The van der Waals surface area contributed by atoms with Crippen LogP contribution in [0.25, 0.3) is 0 Å². The Balaban J connectivity index is 2.83. The summed E-state index contributed by atoms with van der Waals surface area (Å²) in [6, 6.07) is 3.34. The zero-order valence-corrected chi connectivity index (χ0v) is 11.0. The molecule has 1 aromatic carbocycles. The molecule has 0 aliphatic carbocycles. The van der Waals surface area contributed by atoms with Gasteiger partial charge in [-0.1, -0.05) is 0 Å². The second kappa shape index (κ2) is 5.73. The van der Waals surface area contributed by atoms with Crippen molar-refractivity contribution in [3.05, 3.63) is 28.2 Å². The van der Waals surface area contributed by atoms with Crippen molar-refractivity contribution in [1.82, 2.24) is 5.32 Å². The first-order chi connectivity index (χ1) is 7.84. The number of hydrogen-bond donors (Lipinski definition) is 1. The first-order valence-electron chi connectivity index (χ1n) is 5.02. The van der Waals surface area contributed by atoms with Gasteiger partial charge in [0.25, 0.3) is 0 Å². The molecule has 1 atom stereocenters. The van der Waals surface area contributed by atoms with Crippen LogP contribution in [0.3, 0.4) is 0 Å². The van der Waals surface area contributed by atoms with Gasteiger partial charge in [0.2, 0.25) is 0 Å². The Kier molecular flexibility index (Phi) is 4.82. The highest BCUT2D eigenvalue weighted by molar-refractivity contribution is 9.10. The summed E-state index contributed by atoms with van der Waals surface area (Å²) in [7, 11) is 1.78. The third-order valence-electron chi connectivity index (χ3n) is 2.08. The molecule has 96 valence electrons. The van der Waals surface area contributed by atoms with E-state index in [-0.39, 0.29) is 6.10 Å². The van der Waals surface area contributed by atoms with E-state index in [0.29, 0.717) is 16.8 Å². The Morgan fingerprint density at radius 2 is 2.06 bits per heavy atom. The smallest absolute Gasteiger partial charge is 0.416 e. The molecule has 0 aromatic heterocycles. The summed E-state index contributed by atoms with van der Waals surface area (Å²) in [5.41, 5.74) is -0.696. The zero-order chi connectivity index (χ0) is 13.1. The van der Waals surface area contributed by atoms with Crippen molar-refractivity contribution in [1.29, 1.82) is 0 Å². The van der Waals surface area contributed by atoms with Crippen LogP contribution in [0.2, 0.25) is 0 Å². The average Bonchev–Trinajstić information content (AvgIpc) is 2.20. The molecule has 0 fully saturated rings. The number of halogens is 4. The summed E-state index contributed by atoms with van der Waals surface area (Å²) in [4.78, 5) is 0. The molecule has 0 aliphatic heterocycles. The molecule has 1 rings (SSSR count). The summed E-state index contributed by atoms with van der Waals surface area (Å²) < 4.78 is 43.0. The van der Waals surface area contributed by atoms with E-state index in [9.17, 15) is 13.2 Å². The van der Waals surface area contributed by atoms with Gasteiger partial charge in [-0.3, -0.25) is 0 Å². The average molecular weight is 312 g/mol. The monoisotopic (exact) mass is 311 g/mol. The molecule has 0 spiro atoms. The van der Waals surface area contributed by atoms with Crippen molar-refractivity contribution in [3.8, 4) is 5.75 Å². The fraction of sp³-hybridized carbons (Fsp3) is 0.455. The fourth-order valence-corrected chi connectivity index (χ4v) is 1.79. The van der Waals surface area contributed by atoms with E-state index in [0.717, 1.165) is 12.1 Å². The SMILES string of the molecule is CNCC(C)Oc1ccc(C(F)(F)F)cc1Br. The Morgan fingerprint density at radius 1 is 1.41 bits per heavy atom. The molecule has 0 saturated heterocycles. The number of benzene rings is 1. The fourth-order valence-electron chi connectivity index (χ4n) is 1.32. The predicted octanol–water partition coefficient (Wildman–Crippen LogP) is 3.45. The van der Waals surface area contributed by atoms with Gasteiger partial charge < -0.3 is 10.1 Å². The number of nitrogens with one attached hydrogen (secondary N) is 1. The van der Waals surface area contributed by atoms with Crippen LogP contribution in [0.5, 0.6) is 5.75 Å². The number of alkyl halides is 3. The summed E-state index contributed by atoms with van der Waals surface area (Å²) in [5.74, 6) is 0.403. The molecular formula is C11H13BrF3NO. The van der Waals surface area contributed by atoms with E-state index in [1.54, 1.807) is 7.05 Å². The van der Waals surface area contributed by atoms with E-state index in [1.807, 2.05) is 6.92 Å². The van der Waals surface area contributed by atoms with Crippen molar-refractivity contribution >= 4 is 15.9 Å². The molecule has 1 unspecified atom stereocenters. The summed E-state index contributed by atoms with van der Waals surface area (Å²) in [6.45, 7) is 2.45. The summed E-state index contributed by atoms with van der Waals surface area (Å²) >= 11 is 3.07. The van der Waals surface area contributed by atoms with Crippen LogP contribution in [0.4, 0.5) is 13.2 Å². The third-order valence-corrected chi connectivity index (χ3v) is 2.70. The van der Waals surface area contributed by atoms with Crippen molar-refractivity contribution in [3.63, 3.8) is 0 Å². The second-order valence-electron chi connectivity index (χ2n) is 3.63. The molecule has 2 nitrogen and oxygen atoms in total. The molecule has 0 heterocycles. The minimum Gasteiger partial charge on any atom is -0.488 e. The molecule has 0 amide bonds. The van der Waals surface area contributed by atoms with Crippen LogP contribution in [0.15, 0.2) is 22.7 Å². The largest absolute Gasteiger partial charge is 0.488 e. The van der Waals surface area contributed by atoms with Crippen LogP contribution in [0, 0.1) is 0 Å². The molecule has 0 saturated carbocycles. The van der Waals surface area contributed by atoms with E-state index < -0.39 is 11.7 Å².